The Morgan fingerprint density at radius 1 is 1.19 bits per heavy atom. The Labute approximate surface area is 207 Å². The number of amides is 1. The number of rotatable bonds is 2. The van der Waals surface area contributed by atoms with Crippen LogP contribution in [0.4, 0.5) is 4.39 Å². The van der Waals surface area contributed by atoms with Crippen molar-refractivity contribution >= 4 is 17.4 Å². The van der Waals surface area contributed by atoms with Gasteiger partial charge in [0, 0.05) is 29.9 Å². The van der Waals surface area contributed by atoms with Crippen LogP contribution in [0.2, 0.25) is 0 Å². The lowest BCUT2D eigenvalue weighted by Gasteiger charge is -2.41. The van der Waals surface area contributed by atoms with Crippen molar-refractivity contribution in [2.45, 2.75) is 25.3 Å². The van der Waals surface area contributed by atoms with Crippen molar-refractivity contribution in [1.29, 1.82) is 0 Å². The highest BCUT2D eigenvalue weighted by Crippen LogP contribution is 2.54. The number of aliphatic imine (C=N–C) groups is 1. The molecule has 0 saturated heterocycles. The van der Waals surface area contributed by atoms with Gasteiger partial charge in [0.05, 0.1) is 31.0 Å². The molecule has 1 amide bonds. The number of carbonyl (C=O) groups is 1. The number of aryl methyl sites for hydroxylation is 1. The largest absolute Gasteiger partial charge is 0.455 e. The summed E-state index contributed by atoms with van der Waals surface area (Å²) in [6.45, 7) is 2.99. The van der Waals surface area contributed by atoms with E-state index in [1.54, 1.807) is 31.3 Å². The van der Waals surface area contributed by atoms with Gasteiger partial charge in [0.2, 0.25) is 11.9 Å². The summed E-state index contributed by atoms with van der Waals surface area (Å²) in [7, 11) is 1.60. The molecule has 1 aromatic carbocycles. The van der Waals surface area contributed by atoms with Gasteiger partial charge in [-0.15, -0.1) is 0 Å². The van der Waals surface area contributed by atoms with Crippen LogP contribution >= 0.6 is 0 Å². The molecule has 3 aromatic rings. The Morgan fingerprint density at radius 3 is 2.81 bits per heavy atom. The van der Waals surface area contributed by atoms with Gasteiger partial charge in [-0.1, -0.05) is 12.1 Å². The average molecular weight is 486 g/mol. The molecule has 0 radical (unpaired) electrons. The van der Waals surface area contributed by atoms with Crippen molar-refractivity contribution in [2.75, 3.05) is 20.3 Å². The minimum atomic E-state index is -1.16. The smallest absolute Gasteiger partial charge is 0.232 e. The van der Waals surface area contributed by atoms with Gasteiger partial charge in [0.1, 0.15) is 11.3 Å². The van der Waals surface area contributed by atoms with Gasteiger partial charge in [-0.2, -0.15) is 4.39 Å². The molecule has 0 aliphatic carbocycles. The first-order valence-corrected chi connectivity index (χ1v) is 11.7. The fraction of sp³-hybridized carbons (Fsp3) is 0.259. The first-order valence-electron chi connectivity index (χ1n) is 11.7. The molecule has 1 spiro atoms. The second kappa shape index (κ2) is 8.23. The molecule has 8 nitrogen and oxygen atoms in total. The topological polar surface area (TPSA) is 103 Å². The summed E-state index contributed by atoms with van der Waals surface area (Å²) in [4.78, 5) is 28.0. The number of nitrogens with zero attached hydrogens (tertiary/aromatic N) is 4. The van der Waals surface area contributed by atoms with Crippen molar-refractivity contribution in [3.8, 4) is 22.6 Å². The van der Waals surface area contributed by atoms with Crippen LogP contribution in [0.3, 0.4) is 0 Å². The highest BCUT2D eigenvalue weighted by molar-refractivity contribution is 6.00. The van der Waals surface area contributed by atoms with E-state index in [1.807, 2.05) is 19.1 Å². The molecule has 1 atom stereocenters. The van der Waals surface area contributed by atoms with Crippen LogP contribution in [0.5, 0.6) is 11.5 Å². The fourth-order valence-electron chi connectivity index (χ4n) is 5.05. The Bertz CT molecular complexity index is 1480. The van der Waals surface area contributed by atoms with Crippen LogP contribution in [0.15, 0.2) is 53.7 Å². The zero-order valence-corrected chi connectivity index (χ0v) is 19.9. The lowest BCUT2D eigenvalue weighted by Crippen LogP contribution is -2.49. The summed E-state index contributed by atoms with van der Waals surface area (Å²) in [6, 6.07) is 10.6. The number of nitrogens with two attached hydrogens (primary N) is 1. The third kappa shape index (κ3) is 3.38. The lowest BCUT2D eigenvalue weighted by molar-refractivity contribution is -0.128. The van der Waals surface area contributed by atoms with Crippen LogP contribution < -0.4 is 10.5 Å². The average Bonchev–Trinajstić information content (AvgIpc) is 2.89. The van der Waals surface area contributed by atoms with Crippen molar-refractivity contribution in [2.24, 2.45) is 10.7 Å². The van der Waals surface area contributed by atoms with E-state index in [-0.39, 0.29) is 18.3 Å². The number of ether oxygens (including phenoxy) is 2. The van der Waals surface area contributed by atoms with Crippen molar-refractivity contribution in [3.05, 3.63) is 77.1 Å². The summed E-state index contributed by atoms with van der Waals surface area (Å²) in [6.07, 6.45) is 4.35. The molecule has 182 valence electrons. The zero-order valence-electron chi connectivity index (χ0n) is 19.9. The van der Waals surface area contributed by atoms with Crippen LogP contribution in [0.1, 0.15) is 35.4 Å². The summed E-state index contributed by atoms with van der Waals surface area (Å²) in [5.41, 5.74) is 9.75. The number of benzene rings is 1. The minimum Gasteiger partial charge on any atom is -0.455 e. The highest BCUT2D eigenvalue weighted by atomic mass is 19.1. The molecular weight excluding hydrogens is 461 g/mol. The SMILES string of the molecule is Cc1nc(C2=CCCOC2)cc2c1Oc1ccc(-c3cccnc3F)cc1[C@@]21CC(=O)N(C)C(N)=N1. The number of guanidine groups is 1. The monoisotopic (exact) mass is 485 g/mol. The zero-order chi connectivity index (χ0) is 25.0. The van der Waals surface area contributed by atoms with Gasteiger partial charge in [0.15, 0.2) is 11.7 Å². The molecular formula is C27H24FN5O3. The predicted octanol–water partition coefficient (Wildman–Crippen LogP) is 3.92. The Morgan fingerprint density at radius 2 is 2.06 bits per heavy atom. The summed E-state index contributed by atoms with van der Waals surface area (Å²) in [5, 5.41) is 0. The highest BCUT2D eigenvalue weighted by Gasteiger charge is 2.48. The van der Waals surface area contributed by atoms with E-state index in [2.05, 4.69) is 11.1 Å². The first kappa shape index (κ1) is 22.4. The molecule has 9 heteroatoms. The number of hydrogen-bond donors (Lipinski definition) is 1. The van der Waals surface area contributed by atoms with Gasteiger partial charge < -0.3 is 15.2 Å². The van der Waals surface area contributed by atoms with Gasteiger partial charge in [-0.05, 0) is 54.8 Å². The normalized spacial score (nSPS) is 20.9. The number of pyridine rings is 2. The predicted molar refractivity (Wildman–Crippen MR) is 132 cm³/mol. The summed E-state index contributed by atoms with van der Waals surface area (Å²) >= 11 is 0. The van der Waals surface area contributed by atoms with Crippen LogP contribution in [-0.2, 0) is 15.1 Å². The van der Waals surface area contributed by atoms with Gasteiger partial charge in [-0.25, -0.2) is 15.0 Å². The van der Waals surface area contributed by atoms with Crippen LogP contribution in [-0.4, -0.2) is 47.0 Å². The maximum absolute atomic E-state index is 14.6. The van der Waals surface area contributed by atoms with Crippen LogP contribution in [0, 0.1) is 12.9 Å². The van der Waals surface area contributed by atoms with Gasteiger partial charge in [0.25, 0.3) is 0 Å². The second-order valence-corrected chi connectivity index (χ2v) is 9.15. The van der Waals surface area contributed by atoms with E-state index in [0.717, 1.165) is 17.7 Å². The lowest BCUT2D eigenvalue weighted by atomic mass is 9.75. The summed E-state index contributed by atoms with van der Waals surface area (Å²) < 4.78 is 26.6. The van der Waals surface area contributed by atoms with Gasteiger partial charge in [-0.3, -0.25) is 9.69 Å². The van der Waals surface area contributed by atoms with E-state index in [4.69, 9.17) is 25.2 Å². The molecule has 5 heterocycles. The summed E-state index contributed by atoms with van der Waals surface area (Å²) in [5.74, 6) is 0.382. The van der Waals surface area contributed by atoms with E-state index in [0.29, 0.717) is 52.7 Å². The van der Waals surface area contributed by atoms with E-state index in [9.17, 15) is 9.18 Å². The quantitative estimate of drug-likeness (QED) is 0.552. The Kier molecular flexibility index (Phi) is 5.11. The van der Waals surface area contributed by atoms with Crippen LogP contribution in [0.25, 0.3) is 16.7 Å². The molecule has 3 aliphatic heterocycles. The molecule has 0 bridgehead atoms. The molecule has 0 saturated carbocycles. The third-order valence-corrected chi connectivity index (χ3v) is 6.96. The Hall–Kier alpha value is -4.11. The number of hydrogen-bond acceptors (Lipinski definition) is 7. The van der Waals surface area contributed by atoms with E-state index < -0.39 is 11.5 Å². The molecule has 6 rings (SSSR count). The standard InChI is InChI=1S/C27H24FN5O3/c1-15-24-20(12-21(31-15)17-5-4-10-35-14-17)27(13-23(34)33(2)26(29)32-27)19-11-16(7-8-22(19)36-24)18-6-3-9-30-25(18)28/h3,5-9,11-12H,4,10,13-14H2,1-2H3,(H2,29,32)/t27-/m0/s1. The second-order valence-electron chi connectivity index (χ2n) is 9.15. The van der Waals surface area contributed by atoms with E-state index in [1.165, 1.54) is 11.1 Å². The maximum atomic E-state index is 14.6. The number of aromatic nitrogens is 2. The van der Waals surface area contributed by atoms with Crippen molar-refractivity contribution < 1.29 is 18.7 Å². The molecule has 0 fully saturated rings. The number of carbonyl (C=O) groups excluding carboxylic acids is 1. The molecule has 0 unspecified atom stereocenters. The van der Waals surface area contributed by atoms with Gasteiger partial charge >= 0.3 is 0 Å². The molecule has 2 N–H and O–H groups in total. The molecule has 36 heavy (non-hydrogen) atoms. The maximum Gasteiger partial charge on any atom is 0.232 e. The Balaban J connectivity index is 1.62. The first-order chi connectivity index (χ1) is 17.4. The molecule has 3 aliphatic rings. The molecule has 2 aromatic heterocycles. The van der Waals surface area contributed by atoms with E-state index >= 15 is 0 Å². The fourth-order valence-corrected chi connectivity index (χ4v) is 5.05. The van der Waals surface area contributed by atoms with Crippen molar-refractivity contribution in [3.63, 3.8) is 0 Å². The number of fused-ring (bicyclic) bond motifs is 4. The number of halogens is 1. The van der Waals surface area contributed by atoms with Crippen molar-refractivity contribution in [1.82, 2.24) is 14.9 Å². The minimum absolute atomic E-state index is 0.0327. The third-order valence-electron chi connectivity index (χ3n) is 6.96.